The molecule has 0 N–H and O–H groups in total. The van der Waals surface area contributed by atoms with E-state index in [0.717, 1.165) is 18.4 Å². The van der Waals surface area contributed by atoms with E-state index in [1.807, 2.05) is 6.08 Å². The lowest BCUT2D eigenvalue weighted by Gasteiger charge is -2.19. The van der Waals surface area contributed by atoms with Crippen LogP contribution in [-0.4, -0.2) is 0 Å². The van der Waals surface area contributed by atoms with Gasteiger partial charge >= 0.3 is 0 Å². The van der Waals surface area contributed by atoms with Gasteiger partial charge in [0, 0.05) is 5.92 Å². The zero-order chi connectivity index (χ0) is 16.8. The topological polar surface area (TPSA) is 0 Å². The minimum atomic E-state index is 0.373. The second kappa shape index (κ2) is 7.79. The van der Waals surface area contributed by atoms with Crippen LogP contribution in [0.2, 0.25) is 0 Å². The van der Waals surface area contributed by atoms with E-state index >= 15 is 0 Å². The summed E-state index contributed by atoms with van der Waals surface area (Å²) in [5.74, 6) is 0.373. The standard InChI is InChI=1S/C24H24/c1-3-19-10-12-21(13-11-19)18-24(22-8-6-5-7-9-22)23-16-14-20(4-2)15-17-23/h4-17,24H,2-3,18H2,1H3. The van der Waals surface area contributed by atoms with Gasteiger partial charge in [-0.2, -0.15) is 0 Å². The first kappa shape index (κ1) is 16.3. The Balaban J connectivity index is 1.93. The number of hydrogen-bond acceptors (Lipinski definition) is 0. The van der Waals surface area contributed by atoms with Gasteiger partial charge in [0.25, 0.3) is 0 Å². The van der Waals surface area contributed by atoms with Gasteiger partial charge in [-0.3, -0.25) is 0 Å². The van der Waals surface area contributed by atoms with Gasteiger partial charge < -0.3 is 0 Å². The summed E-state index contributed by atoms with van der Waals surface area (Å²) in [5, 5.41) is 0. The van der Waals surface area contributed by atoms with Gasteiger partial charge in [-0.1, -0.05) is 98.4 Å². The molecule has 0 aliphatic carbocycles. The summed E-state index contributed by atoms with van der Waals surface area (Å²) in [5.41, 5.74) is 6.66. The van der Waals surface area contributed by atoms with Gasteiger partial charge in [-0.15, -0.1) is 0 Å². The van der Waals surface area contributed by atoms with E-state index in [0.29, 0.717) is 5.92 Å². The van der Waals surface area contributed by atoms with Crippen LogP contribution in [0.1, 0.15) is 40.7 Å². The summed E-state index contributed by atoms with van der Waals surface area (Å²) >= 11 is 0. The Kier molecular flexibility index (Phi) is 5.28. The Morgan fingerprint density at radius 1 is 0.750 bits per heavy atom. The van der Waals surface area contributed by atoms with E-state index in [1.54, 1.807) is 0 Å². The average Bonchev–Trinajstić information content (AvgIpc) is 2.67. The minimum Gasteiger partial charge on any atom is -0.0985 e. The molecule has 0 fully saturated rings. The molecule has 3 aromatic rings. The molecule has 1 atom stereocenters. The van der Waals surface area contributed by atoms with Crippen molar-refractivity contribution < 1.29 is 0 Å². The first-order valence-electron chi connectivity index (χ1n) is 8.65. The van der Waals surface area contributed by atoms with Crippen LogP contribution in [-0.2, 0) is 12.8 Å². The second-order valence-electron chi connectivity index (χ2n) is 6.21. The molecule has 0 amide bonds. The van der Waals surface area contributed by atoms with Crippen molar-refractivity contribution in [2.45, 2.75) is 25.7 Å². The van der Waals surface area contributed by atoms with E-state index in [9.17, 15) is 0 Å². The molecule has 3 rings (SSSR count). The third-order valence-electron chi connectivity index (χ3n) is 4.65. The van der Waals surface area contributed by atoms with Crippen molar-refractivity contribution >= 4 is 6.08 Å². The normalized spacial score (nSPS) is 11.9. The highest BCUT2D eigenvalue weighted by Gasteiger charge is 2.14. The Labute approximate surface area is 145 Å². The third kappa shape index (κ3) is 3.83. The van der Waals surface area contributed by atoms with Crippen molar-refractivity contribution in [1.29, 1.82) is 0 Å². The lowest BCUT2D eigenvalue weighted by molar-refractivity contribution is 0.804. The minimum absolute atomic E-state index is 0.373. The fourth-order valence-corrected chi connectivity index (χ4v) is 3.12. The van der Waals surface area contributed by atoms with Gasteiger partial charge in [0.05, 0.1) is 0 Å². The number of aryl methyl sites for hydroxylation is 1. The van der Waals surface area contributed by atoms with E-state index in [4.69, 9.17) is 0 Å². The molecule has 0 aliphatic rings. The number of hydrogen-bond donors (Lipinski definition) is 0. The van der Waals surface area contributed by atoms with E-state index in [-0.39, 0.29) is 0 Å². The quantitative estimate of drug-likeness (QED) is 0.503. The van der Waals surface area contributed by atoms with Crippen LogP contribution in [0.3, 0.4) is 0 Å². The van der Waals surface area contributed by atoms with Gasteiger partial charge in [0.2, 0.25) is 0 Å². The van der Waals surface area contributed by atoms with E-state index in [2.05, 4.69) is 92.4 Å². The molecule has 0 radical (unpaired) electrons. The fourth-order valence-electron chi connectivity index (χ4n) is 3.12. The first-order valence-corrected chi connectivity index (χ1v) is 8.65. The van der Waals surface area contributed by atoms with Crippen molar-refractivity contribution in [1.82, 2.24) is 0 Å². The summed E-state index contributed by atoms with van der Waals surface area (Å²) in [7, 11) is 0. The molecule has 24 heavy (non-hydrogen) atoms. The maximum Gasteiger partial charge on any atom is 0.0130 e. The van der Waals surface area contributed by atoms with Crippen LogP contribution in [0.15, 0.2) is 85.4 Å². The molecule has 1 unspecified atom stereocenters. The molecule has 0 aliphatic heterocycles. The van der Waals surface area contributed by atoms with Crippen LogP contribution >= 0.6 is 0 Å². The van der Waals surface area contributed by atoms with Crippen molar-refractivity contribution in [3.63, 3.8) is 0 Å². The van der Waals surface area contributed by atoms with Gasteiger partial charge in [-0.25, -0.2) is 0 Å². The van der Waals surface area contributed by atoms with Crippen LogP contribution < -0.4 is 0 Å². The Morgan fingerprint density at radius 3 is 1.92 bits per heavy atom. The molecule has 3 aromatic carbocycles. The lowest BCUT2D eigenvalue weighted by atomic mass is 9.85. The monoisotopic (exact) mass is 312 g/mol. The van der Waals surface area contributed by atoms with Crippen molar-refractivity contribution in [3.8, 4) is 0 Å². The SMILES string of the molecule is C=Cc1ccc(C(Cc2ccc(CC)cc2)c2ccccc2)cc1. The maximum atomic E-state index is 3.85. The zero-order valence-electron chi connectivity index (χ0n) is 14.3. The molecular weight excluding hydrogens is 288 g/mol. The maximum absolute atomic E-state index is 3.85. The van der Waals surface area contributed by atoms with Crippen molar-refractivity contribution in [3.05, 3.63) is 113 Å². The van der Waals surface area contributed by atoms with Crippen LogP contribution in [0.25, 0.3) is 6.08 Å². The summed E-state index contributed by atoms with van der Waals surface area (Å²) in [4.78, 5) is 0. The molecule has 0 heteroatoms. The lowest BCUT2D eigenvalue weighted by Crippen LogP contribution is -2.05. The van der Waals surface area contributed by atoms with Crippen LogP contribution in [0.5, 0.6) is 0 Å². The van der Waals surface area contributed by atoms with E-state index in [1.165, 1.54) is 22.3 Å². The predicted octanol–water partition coefficient (Wildman–Crippen LogP) is 6.27. The van der Waals surface area contributed by atoms with Crippen LogP contribution in [0, 0.1) is 0 Å². The fraction of sp³-hybridized carbons (Fsp3) is 0.167. The molecule has 0 bridgehead atoms. The second-order valence-corrected chi connectivity index (χ2v) is 6.21. The van der Waals surface area contributed by atoms with Gasteiger partial charge in [0.1, 0.15) is 0 Å². The van der Waals surface area contributed by atoms with E-state index < -0.39 is 0 Å². The highest BCUT2D eigenvalue weighted by Crippen LogP contribution is 2.29. The predicted molar refractivity (Wildman–Crippen MR) is 104 cm³/mol. The summed E-state index contributed by atoms with van der Waals surface area (Å²) in [6, 6.07) is 28.6. The summed E-state index contributed by atoms with van der Waals surface area (Å²) in [6.45, 7) is 6.05. The molecule has 0 spiro atoms. The molecule has 0 saturated carbocycles. The summed E-state index contributed by atoms with van der Waals surface area (Å²) < 4.78 is 0. The molecule has 0 saturated heterocycles. The molecule has 0 nitrogen and oxygen atoms in total. The van der Waals surface area contributed by atoms with Crippen molar-refractivity contribution in [2.24, 2.45) is 0 Å². The Morgan fingerprint density at radius 2 is 1.33 bits per heavy atom. The molecular formula is C24H24. The Bertz CT molecular complexity index is 765. The Hall–Kier alpha value is -2.60. The van der Waals surface area contributed by atoms with Gasteiger partial charge in [0.15, 0.2) is 0 Å². The van der Waals surface area contributed by atoms with Crippen LogP contribution in [0.4, 0.5) is 0 Å². The van der Waals surface area contributed by atoms with Gasteiger partial charge in [-0.05, 0) is 40.7 Å². The zero-order valence-corrected chi connectivity index (χ0v) is 14.3. The van der Waals surface area contributed by atoms with Crippen molar-refractivity contribution in [2.75, 3.05) is 0 Å². The highest BCUT2D eigenvalue weighted by molar-refractivity contribution is 5.48. The molecule has 0 aromatic heterocycles. The first-order chi connectivity index (χ1) is 11.8. The highest BCUT2D eigenvalue weighted by atomic mass is 14.2. The number of rotatable bonds is 6. The molecule has 0 heterocycles. The third-order valence-corrected chi connectivity index (χ3v) is 4.65. The average molecular weight is 312 g/mol. The summed E-state index contributed by atoms with van der Waals surface area (Å²) in [6.07, 6.45) is 4.00. The molecule has 120 valence electrons. The number of benzene rings is 3. The largest absolute Gasteiger partial charge is 0.0985 e. The smallest absolute Gasteiger partial charge is 0.0130 e.